The molecule has 1 aromatic rings. The monoisotopic (exact) mass is 204 g/mol. The summed E-state index contributed by atoms with van der Waals surface area (Å²) in [6, 6.07) is 4.24. The van der Waals surface area contributed by atoms with Crippen LogP contribution in [0, 0.1) is 5.92 Å². The van der Waals surface area contributed by atoms with Crippen LogP contribution in [0.15, 0.2) is 18.3 Å². The number of pyridine rings is 1. The lowest BCUT2D eigenvalue weighted by atomic mass is 10.0. The third kappa shape index (κ3) is 2.14. The molecule has 1 aromatic heterocycles. The van der Waals surface area contributed by atoms with Crippen molar-refractivity contribution in [1.82, 2.24) is 4.98 Å². The molecular weight excluding hydrogens is 184 g/mol. The molecule has 2 heteroatoms. The zero-order chi connectivity index (χ0) is 10.8. The second kappa shape index (κ2) is 4.21. The average molecular weight is 204 g/mol. The van der Waals surface area contributed by atoms with E-state index in [0.29, 0.717) is 5.92 Å². The molecule has 15 heavy (non-hydrogen) atoms. The van der Waals surface area contributed by atoms with Gasteiger partial charge in [0.1, 0.15) is 5.82 Å². The number of anilines is 1. The quantitative estimate of drug-likeness (QED) is 0.736. The van der Waals surface area contributed by atoms with Crippen molar-refractivity contribution >= 4 is 5.82 Å². The molecule has 1 saturated heterocycles. The standard InChI is InChI=1S/C13H20N2/c1-10(2)12-5-4-7-14-13(12)15-8-6-11(3)9-15/h4-5,7,10-11H,6,8-9H2,1-3H3. The van der Waals surface area contributed by atoms with E-state index in [9.17, 15) is 0 Å². The first-order valence-corrected chi connectivity index (χ1v) is 5.88. The lowest BCUT2D eigenvalue weighted by Gasteiger charge is -2.21. The van der Waals surface area contributed by atoms with Crippen molar-refractivity contribution < 1.29 is 0 Å². The van der Waals surface area contributed by atoms with Crippen LogP contribution in [0.25, 0.3) is 0 Å². The summed E-state index contributed by atoms with van der Waals surface area (Å²) in [5.41, 5.74) is 1.38. The average Bonchev–Trinajstić information content (AvgIpc) is 2.65. The molecule has 82 valence electrons. The lowest BCUT2D eigenvalue weighted by molar-refractivity contribution is 0.658. The molecule has 2 nitrogen and oxygen atoms in total. The van der Waals surface area contributed by atoms with Crippen LogP contribution in [0.3, 0.4) is 0 Å². The Bertz CT molecular complexity index is 333. The van der Waals surface area contributed by atoms with Gasteiger partial charge in [-0.05, 0) is 29.9 Å². The molecular formula is C13H20N2. The van der Waals surface area contributed by atoms with Gasteiger partial charge in [-0.1, -0.05) is 26.8 Å². The van der Waals surface area contributed by atoms with Crippen molar-refractivity contribution in [2.45, 2.75) is 33.1 Å². The van der Waals surface area contributed by atoms with Gasteiger partial charge in [0, 0.05) is 19.3 Å². The smallest absolute Gasteiger partial charge is 0.131 e. The van der Waals surface area contributed by atoms with Gasteiger partial charge in [-0.25, -0.2) is 4.98 Å². The summed E-state index contributed by atoms with van der Waals surface area (Å²) >= 11 is 0. The maximum absolute atomic E-state index is 4.54. The molecule has 0 bridgehead atoms. The third-order valence-electron chi connectivity index (χ3n) is 3.16. The largest absolute Gasteiger partial charge is 0.356 e. The van der Waals surface area contributed by atoms with Crippen molar-refractivity contribution in [3.63, 3.8) is 0 Å². The highest BCUT2D eigenvalue weighted by atomic mass is 15.2. The van der Waals surface area contributed by atoms with Crippen LogP contribution in [0.2, 0.25) is 0 Å². The van der Waals surface area contributed by atoms with Gasteiger partial charge in [0.25, 0.3) is 0 Å². The van der Waals surface area contributed by atoms with Crippen LogP contribution in [-0.2, 0) is 0 Å². The molecule has 1 atom stereocenters. The fourth-order valence-corrected chi connectivity index (χ4v) is 2.25. The van der Waals surface area contributed by atoms with Gasteiger partial charge in [-0.3, -0.25) is 0 Å². The van der Waals surface area contributed by atoms with Crippen molar-refractivity contribution in [2.24, 2.45) is 5.92 Å². The molecule has 0 aromatic carbocycles. The van der Waals surface area contributed by atoms with E-state index in [1.165, 1.54) is 17.8 Å². The maximum Gasteiger partial charge on any atom is 0.131 e. The summed E-state index contributed by atoms with van der Waals surface area (Å²) in [7, 11) is 0. The van der Waals surface area contributed by atoms with E-state index in [2.05, 4.69) is 36.7 Å². The van der Waals surface area contributed by atoms with E-state index >= 15 is 0 Å². The molecule has 0 saturated carbocycles. The highest BCUT2D eigenvalue weighted by Gasteiger charge is 2.22. The first kappa shape index (κ1) is 10.5. The highest BCUT2D eigenvalue weighted by molar-refractivity contribution is 5.49. The molecule has 1 unspecified atom stereocenters. The molecule has 2 rings (SSSR count). The summed E-state index contributed by atoms with van der Waals surface area (Å²) in [5, 5.41) is 0. The molecule has 1 fully saturated rings. The first-order chi connectivity index (χ1) is 7.18. The zero-order valence-corrected chi connectivity index (χ0v) is 9.90. The van der Waals surface area contributed by atoms with E-state index in [1.54, 1.807) is 0 Å². The van der Waals surface area contributed by atoms with Crippen LogP contribution in [0.4, 0.5) is 5.82 Å². The van der Waals surface area contributed by atoms with E-state index in [1.807, 2.05) is 12.3 Å². The summed E-state index contributed by atoms with van der Waals surface area (Å²) in [4.78, 5) is 6.97. The fraction of sp³-hybridized carbons (Fsp3) is 0.615. The summed E-state index contributed by atoms with van der Waals surface area (Å²) in [6.07, 6.45) is 3.21. The fourth-order valence-electron chi connectivity index (χ4n) is 2.25. The van der Waals surface area contributed by atoms with Crippen molar-refractivity contribution in [1.29, 1.82) is 0 Å². The van der Waals surface area contributed by atoms with E-state index in [0.717, 1.165) is 19.0 Å². The Kier molecular flexibility index (Phi) is 2.94. The Labute approximate surface area is 92.3 Å². The Morgan fingerprint density at radius 1 is 1.47 bits per heavy atom. The number of hydrogen-bond acceptors (Lipinski definition) is 2. The molecule has 2 heterocycles. The Balaban J connectivity index is 2.27. The van der Waals surface area contributed by atoms with Gasteiger partial charge in [-0.15, -0.1) is 0 Å². The second-order valence-electron chi connectivity index (χ2n) is 4.91. The van der Waals surface area contributed by atoms with E-state index in [-0.39, 0.29) is 0 Å². The minimum absolute atomic E-state index is 0.560. The van der Waals surface area contributed by atoms with E-state index in [4.69, 9.17) is 0 Å². The highest BCUT2D eigenvalue weighted by Crippen LogP contribution is 2.28. The number of aromatic nitrogens is 1. The zero-order valence-electron chi connectivity index (χ0n) is 9.90. The SMILES string of the molecule is CC1CCN(c2ncccc2C(C)C)C1. The molecule has 0 radical (unpaired) electrons. The van der Waals surface area contributed by atoms with Gasteiger partial charge >= 0.3 is 0 Å². The maximum atomic E-state index is 4.54. The Morgan fingerprint density at radius 3 is 2.87 bits per heavy atom. The third-order valence-corrected chi connectivity index (χ3v) is 3.16. The minimum Gasteiger partial charge on any atom is -0.356 e. The molecule has 1 aliphatic rings. The van der Waals surface area contributed by atoms with Crippen molar-refractivity contribution in [3.8, 4) is 0 Å². The summed E-state index contributed by atoms with van der Waals surface area (Å²) < 4.78 is 0. The Morgan fingerprint density at radius 2 is 2.27 bits per heavy atom. The topological polar surface area (TPSA) is 16.1 Å². The summed E-state index contributed by atoms with van der Waals surface area (Å²) in [5.74, 6) is 2.58. The van der Waals surface area contributed by atoms with Crippen molar-refractivity contribution in [3.05, 3.63) is 23.9 Å². The predicted molar refractivity (Wildman–Crippen MR) is 64.3 cm³/mol. The number of rotatable bonds is 2. The van der Waals surface area contributed by atoms with Crippen LogP contribution in [0.1, 0.15) is 38.7 Å². The van der Waals surface area contributed by atoms with Crippen molar-refractivity contribution in [2.75, 3.05) is 18.0 Å². The lowest BCUT2D eigenvalue weighted by Crippen LogP contribution is -2.22. The molecule has 0 amide bonds. The molecule has 1 aliphatic heterocycles. The van der Waals surface area contributed by atoms with Crippen LogP contribution in [0.5, 0.6) is 0 Å². The molecule has 0 spiro atoms. The summed E-state index contributed by atoms with van der Waals surface area (Å²) in [6.45, 7) is 9.12. The van der Waals surface area contributed by atoms with Crippen LogP contribution >= 0.6 is 0 Å². The predicted octanol–water partition coefficient (Wildman–Crippen LogP) is 3.05. The van der Waals surface area contributed by atoms with Gasteiger partial charge in [0.2, 0.25) is 0 Å². The minimum atomic E-state index is 0.560. The molecule has 0 N–H and O–H groups in total. The van der Waals surface area contributed by atoms with Crippen LogP contribution in [-0.4, -0.2) is 18.1 Å². The van der Waals surface area contributed by atoms with E-state index < -0.39 is 0 Å². The van der Waals surface area contributed by atoms with Gasteiger partial charge in [-0.2, -0.15) is 0 Å². The first-order valence-electron chi connectivity index (χ1n) is 5.88. The number of hydrogen-bond donors (Lipinski definition) is 0. The van der Waals surface area contributed by atoms with Gasteiger partial charge < -0.3 is 4.90 Å². The van der Waals surface area contributed by atoms with Gasteiger partial charge in [0.15, 0.2) is 0 Å². The van der Waals surface area contributed by atoms with Gasteiger partial charge in [0.05, 0.1) is 0 Å². The normalized spacial score (nSPS) is 21.3. The second-order valence-corrected chi connectivity index (χ2v) is 4.91. The van der Waals surface area contributed by atoms with Crippen LogP contribution < -0.4 is 4.90 Å². The number of nitrogens with zero attached hydrogens (tertiary/aromatic N) is 2. The molecule has 0 aliphatic carbocycles. The Hall–Kier alpha value is -1.05.